The summed E-state index contributed by atoms with van der Waals surface area (Å²) in [6.07, 6.45) is 1.08. The van der Waals surface area contributed by atoms with Crippen molar-refractivity contribution >= 4 is 35.4 Å². The van der Waals surface area contributed by atoms with E-state index in [1.54, 1.807) is 24.3 Å². The second kappa shape index (κ2) is 9.51. The number of hydrazone groups is 1. The lowest BCUT2D eigenvalue weighted by molar-refractivity contribution is -0.384. The molecule has 3 aromatic rings. The number of carbonyl (C=O) groups is 2. The summed E-state index contributed by atoms with van der Waals surface area (Å²) in [5.41, 5.74) is 2.09. The first-order valence-corrected chi connectivity index (χ1v) is 9.11. The Morgan fingerprint density at radius 1 is 1.06 bits per heavy atom. The van der Waals surface area contributed by atoms with Gasteiger partial charge in [-0.2, -0.15) is 5.10 Å². The van der Waals surface area contributed by atoms with Crippen molar-refractivity contribution in [3.05, 3.63) is 98.6 Å². The third kappa shape index (κ3) is 5.22. The van der Waals surface area contributed by atoms with Gasteiger partial charge in [-0.15, -0.1) is 0 Å². The number of carbonyl (C=O) groups excluding carboxylic acids is 2. The molecular formula is C21H14ClN3O6. The number of aromatic hydroxyl groups is 1. The van der Waals surface area contributed by atoms with E-state index in [-0.39, 0.29) is 38.9 Å². The number of hydrogen-bond donors (Lipinski definition) is 2. The van der Waals surface area contributed by atoms with Gasteiger partial charge in [0.25, 0.3) is 11.6 Å². The molecule has 10 heteroatoms. The Morgan fingerprint density at radius 2 is 1.74 bits per heavy atom. The Labute approximate surface area is 180 Å². The summed E-state index contributed by atoms with van der Waals surface area (Å²) in [7, 11) is 0. The van der Waals surface area contributed by atoms with Gasteiger partial charge in [-0.3, -0.25) is 14.9 Å². The minimum absolute atomic E-state index is 0.0101. The fourth-order valence-corrected chi connectivity index (χ4v) is 2.72. The van der Waals surface area contributed by atoms with E-state index >= 15 is 0 Å². The number of hydrogen-bond acceptors (Lipinski definition) is 7. The number of nitro groups is 1. The smallest absolute Gasteiger partial charge is 0.345 e. The number of para-hydroxylation sites is 1. The maximum absolute atomic E-state index is 12.4. The average Bonchev–Trinajstić information content (AvgIpc) is 2.75. The van der Waals surface area contributed by atoms with E-state index in [2.05, 4.69) is 10.5 Å². The molecule has 1 amide bonds. The monoisotopic (exact) mass is 439 g/mol. The number of nitrogens with zero attached hydrogens (tertiary/aromatic N) is 2. The second-order valence-electron chi connectivity index (χ2n) is 6.06. The number of nitro benzene ring substituents is 1. The zero-order valence-electron chi connectivity index (χ0n) is 15.7. The van der Waals surface area contributed by atoms with Crippen LogP contribution >= 0.6 is 11.6 Å². The average molecular weight is 440 g/mol. The Kier molecular flexibility index (Phi) is 6.58. The highest BCUT2D eigenvalue weighted by Gasteiger charge is 2.17. The van der Waals surface area contributed by atoms with Crippen molar-refractivity contribution in [2.45, 2.75) is 0 Å². The molecule has 9 nitrogen and oxygen atoms in total. The number of rotatable bonds is 6. The minimum atomic E-state index is -0.771. The van der Waals surface area contributed by atoms with Crippen molar-refractivity contribution in [1.29, 1.82) is 0 Å². The first-order valence-electron chi connectivity index (χ1n) is 8.73. The van der Waals surface area contributed by atoms with E-state index in [4.69, 9.17) is 16.3 Å². The third-order valence-electron chi connectivity index (χ3n) is 4.02. The Hall–Kier alpha value is -4.24. The quantitative estimate of drug-likeness (QED) is 0.196. The molecule has 0 aromatic heterocycles. The van der Waals surface area contributed by atoms with Crippen LogP contribution in [0.2, 0.25) is 5.02 Å². The Bertz CT molecular complexity index is 1200. The fraction of sp³-hybridized carbons (Fsp3) is 0. The van der Waals surface area contributed by atoms with Crippen molar-refractivity contribution < 1.29 is 24.4 Å². The molecule has 0 aliphatic heterocycles. The van der Waals surface area contributed by atoms with Crippen LogP contribution < -0.4 is 10.2 Å². The molecule has 31 heavy (non-hydrogen) atoms. The standard InChI is InChI=1S/C21H14ClN3O6/c22-17-7-3-1-5-15(17)21(28)31-19-10-9-14(25(29)30)11-13(19)12-23-24-20(27)16-6-2-4-8-18(16)26/h1-12,26H,(H,24,27)/b23-12+. The van der Waals surface area contributed by atoms with Gasteiger partial charge in [-0.1, -0.05) is 35.9 Å². The summed E-state index contributed by atoms with van der Waals surface area (Å²) in [6.45, 7) is 0. The molecule has 0 aliphatic carbocycles. The van der Waals surface area contributed by atoms with E-state index in [1.165, 1.54) is 30.3 Å². The van der Waals surface area contributed by atoms with E-state index in [1.807, 2.05) is 0 Å². The predicted molar refractivity (Wildman–Crippen MR) is 113 cm³/mol. The SMILES string of the molecule is O=C(N/N=C/c1cc([N+](=O)[O-])ccc1OC(=O)c1ccccc1Cl)c1ccccc1O. The molecule has 3 aromatic carbocycles. The van der Waals surface area contributed by atoms with Crippen molar-refractivity contribution in [1.82, 2.24) is 5.43 Å². The van der Waals surface area contributed by atoms with Crippen LogP contribution in [0.5, 0.6) is 11.5 Å². The van der Waals surface area contributed by atoms with Gasteiger partial charge in [-0.05, 0) is 30.3 Å². The highest BCUT2D eigenvalue weighted by molar-refractivity contribution is 6.33. The number of esters is 1. The minimum Gasteiger partial charge on any atom is -0.507 e. The molecule has 0 unspecified atom stereocenters. The van der Waals surface area contributed by atoms with Crippen LogP contribution in [-0.4, -0.2) is 28.1 Å². The zero-order valence-corrected chi connectivity index (χ0v) is 16.4. The van der Waals surface area contributed by atoms with Crippen molar-refractivity contribution in [2.24, 2.45) is 5.10 Å². The number of ether oxygens (including phenoxy) is 1. The number of phenols is 1. The first kappa shape index (κ1) is 21.5. The summed E-state index contributed by atoms with van der Waals surface area (Å²) in [6, 6.07) is 15.6. The van der Waals surface area contributed by atoms with Gasteiger partial charge in [0.2, 0.25) is 0 Å². The molecule has 156 valence electrons. The van der Waals surface area contributed by atoms with Gasteiger partial charge < -0.3 is 9.84 Å². The summed E-state index contributed by atoms with van der Waals surface area (Å²) in [5.74, 6) is -1.74. The number of halogens is 1. The van der Waals surface area contributed by atoms with Crippen LogP contribution in [0.4, 0.5) is 5.69 Å². The molecule has 0 bridgehead atoms. The van der Waals surface area contributed by atoms with Crippen LogP contribution in [0.15, 0.2) is 71.8 Å². The number of amides is 1. The lowest BCUT2D eigenvalue weighted by Crippen LogP contribution is -2.18. The molecule has 0 aliphatic rings. The molecule has 3 rings (SSSR count). The third-order valence-corrected chi connectivity index (χ3v) is 4.35. The zero-order chi connectivity index (χ0) is 22.4. The largest absolute Gasteiger partial charge is 0.507 e. The number of non-ortho nitro benzene ring substituents is 1. The molecule has 0 fully saturated rings. The van der Waals surface area contributed by atoms with E-state index in [0.29, 0.717) is 0 Å². The van der Waals surface area contributed by atoms with Gasteiger partial charge in [0.05, 0.1) is 27.3 Å². The van der Waals surface area contributed by atoms with Crippen molar-refractivity contribution in [3.8, 4) is 11.5 Å². The summed E-state index contributed by atoms with van der Waals surface area (Å²) in [4.78, 5) is 35.0. The maximum Gasteiger partial charge on any atom is 0.345 e. The number of phenolic OH excluding ortho intramolecular Hbond substituents is 1. The summed E-state index contributed by atoms with van der Waals surface area (Å²) >= 11 is 6.00. The van der Waals surface area contributed by atoms with Crippen LogP contribution in [0, 0.1) is 10.1 Å². The number of nitrogens with one attached hydrogen (secondary N) is 1. The normalized spacial score (nSPS) is 10.6. The molecule has 0 heterocycles. The van der Waals surface area contributed by atoms with Gasteiger partial charge in [0.15, 0.2) is 0 Å². The molecule has 0 saturated carbocycles. The highest BCUT2D eigenvalue weighted by Crippen LogP contribution is 2.25. The van der Waals surface area contributed by atoms with Crippen molar-refractivity contribution in [3.63, 3.8) is 0 Å². The summed E-state index contributed by atoms with van der Waals surface area (Å²) in [5, 5.41) is 24.7. The maximum atomic E-state index is 12.4. The summed E-state index contributed by atoms with van der Waals surface area (Å²) < 4.78 is 5.32. The highest BCUT2D eigenvalue weighted by atomic mass is 35.5. The van der Waals surface area contributed by atoms with Crippen LogP contribution in [0.1, 0.15) is 26.3 Å². The van der Waals surface area contributed by atoms with E-state index in [9.17, 15) is 24.8 Å². The van der Waals surface area contributed by atoms with Crippen molar-refractivity contribution in [2.75, 3.05) is 0 Å². The molecule has 0 spiro atoms. The lowest BCUT2D eigenvalue weighted by Gasteiger charge is -2.08. The first-order chi connectivity index (χ1) is 14.9. The van der Waals surface area contributed by atoms with Gasteiger partial charge >= 0.3 is 5.97 Å². The molecule has 0 radical (unpaired) electrons. The van der Waals surface area contributed by atoms with Gasteiger partial charge in [-0.25, -0.2) is 10.2 Å². The molecule has 0 saturated heterocycles. The van der Waals surface area contributed by atoms with Crippen LogP contribution in [0.3, 0.4) is 0 Å². The second-order valence-corrected chi connectivity index (χ2v) is 6.47. The predicted octanol–water partition coefficient (Wildman–Crippen LogP) is 3.94. The van der Waals surface area contributed by atoms with Gasteiger partial charge in [0, 0.05) is 17.7 Å². The van der Waals surface area contributed by atoms with Crippen LogP contribution in [-0.2, 0) is 0 Å². The van der Waals surface area contributed by atoms with Crippen LogP contribution in [0.25, 0.3) is 0 Å². The fourth-order valence-electron chi connectivity index (χ4n) is 2.51. The molecule has 2 N–H and O–H groups in total. The number of benzene rings is 3. The topological polar surface area (TPSA) is 131 Å². The lowest BCUT2D eigenvalue weighted by atomic mass is 10.2. The van der Waals surface area contributed by atoms with E-state index < -0.39 is 16.8 Å². The molecular weight excluding hydrogens is 426 g/mol. The van der Waals surface area contributed by atoms with Gasteiger partial charge in [0.1, 0.15) is 11.5 Å². The van der Waals surface area contributed by atoms with E-state index in [0.717, 1.165) is 18.3 Å². The Morgan fingerprint density at radius 3 is 2.42 bits per heavy atom. The molecule has 0 atom stereocenters. The Balaban J connectivity index is 1.85.